The lowest BCUT2D eigenvalue weighted by Gasteiger charge is -2.09. The highest BCUT2D eigenvalue weighted by atomic mass is 35.5. The van der Waals surface area contributed by atoms with Gasteiger partial charge in [-0.1, -0.05) is 12.1 Å². The van der Waals surface area contributed by atoms with Crippen LogP contribution < -0.4 is 4.74 Å². The van der Waals surface area contributed by atoms with E-state index in [0.717, 1.165) is 0 Å². The molecule has 0 aliphatic carbocycles. The van der Waals surface area contributed by atoms with Crippen LogP contribution in [0.15, 0.2) is 24.3 Å². The topological polar surface area (TPSA) is 61.8 Å². The molecule has 0 bridgehead atoms. The van der Waals surface area contributed by atoms with Gasteiger partial charge >= 0.3 is 11.4 Å². The van der Waals surface area contributed by atoms with Crippen molar-refractivity contribution in [1.82, 2.24) is 0 Å². The molecule has 0 aliphatic rings. The Labute approximate surface area is 103 Å². The van der Waals surface area contributed by atoms with Crippen LogP contribution in [-0.2, 0) is 9.47 Å². The largest absolute Gasteiger partial charge is 0.493 e. The Kier molecular flexibility index (Phi) is 5.29. The SMILES string of the molecule is CCOc1ccccc1C(=O)OCOC(=O)Cl. The fourth-order valence-electron chi connectivity index (χ4n) is 1.12. The lowest BCUT2D eigenvalue weighted by Crippen LogP contribution is -2.11. The standard InChI is InChI=1S/C11H11ClO5/c1-2-15-9-6-4-3-5-8(9)10(13)16-7-17-11(12)14/h3-6H,2,7H2,1H3. The molecule has 0 N–H and O–H groups in total. The molecule has 0 amide bonds. The summed E-state index contributed by atoms with van der Waals surface area (Å²) in [6.45, 7) is 1.71. The number of rotatable bonds is 5. The summed E-state index contributed by atoms with van der Waals surface area (Å²) in [5, 5.41) is 0. The highest BCUT2D eigenvalue weighted by molar-refractivity contribution is 6.61. The van der Waals surface area contributed by atoms with Crippen LogP contribution in [0.1, 0.15) is 17.3 Å². The maximum absolute atomic E-state index is 11.6. The first-order chi connectivity index (χ1) is 8.15. The van der Waals surface area contributed by atoms with Gasteiger partial charge < -0.3 is 14.2 Å². The van der Waals surface area contributed by atoms with Gasteiger partial charge in [0.15, 0.2) is 0 Å². The van der Waals surface area contributed by atoms with Gasteiger partial charge in [0.1, 0.15) is 11.3 Å². The van der Waals surface area contributed by atoms with Crippen LogP contribution >= 0.6 is 11.6 Å². The quantitative estimate of drug-likeness (QED) is 0.461. The first-order valence-electron chi connectivity index (χ1n) is 4.86. The zero-order valence-corrected chi connectivity index (χ0v) is 9.90. The van der Waals surface area contributed by atoms with E-state index < -0.39 is 18.2 Å². The molecule has 92 valence electrons. The van der Waals surface area contributed by atoms with E-state index in [4.69, 9.17) is 16.3 Å². The smallest absolute Gasteiger partial charge is 0.406 e. The molecule has 0 saturated carbocycles. The number of halogens is 1. The van der Waals surface area contributed by atoms with E-state index in [0.29, 0.717) is 12.4 Å². The fourth-order valence-corrected chi connectivity index (χ4v) is 1.17. The van der Waals surface area contributed by atoms with Crippen LogP contribution in [0.3, 0.4) is 0 Å². The van der Waals surface area contributed by atoms with Gasteiger partial charge in [0, 0.05) is 11.6 Å². The Morgan fingerprint density at radius 3 is 2.59 bits per heavy atom. The molecule has 1 aromatic rings. The Bertz CT molecular complexity index is 405. The summed E-state index contributed by atoms with van der Waals surface area (Å²) in [7, 11) is 0. The van der Waals surface area contributed by atoms with Crippen molar-refractivity contribution in [3.05, 3.63) is 29.8 Å². The number of hydrogen-bond donors (Lipinski definition) is 0. The third-order valence-corrected chi connectivity index (χ3v) is 1.88. The molecule has 6 heteroatoms. The van der Waals surface area contributed by atoms with Crippen molar-refractivity contribution < 1.29 is 23.8 Å². The molecule has 0 fully saturated rings. The molecule has 0 saturated heterocycles. The summed E-state index contributed by atoms with van der Waals surface area (Å²) in [6, 6.07) is 6.61. The fraction of sp³-hybridized carbons (Fsp3) is 0.273. The van der Waals surface area contributed by atoms with Crippen molar-refractivity contribution in [1.29, 1.82) is 0 Å². The summed E-state index contributed by atoms with van der Waals surface area (Å²) < 4.78 is 14.2. The summed E-state index contributed by atoms with van der Waals surface area (Å²) >= 11 is 4.91. The van der Waals surface area contributed by atoms with Gasteiger partial charge in [0.2, 0.25) is 6.79 Å². The van der Waals surface area contributed by atoms with E-state index >= 15 is 0 Å². The van der Waals surface area contributed by atoms with Crippen molar-refractivity contribution in [2.75, 3.05) is 13.4 Å². The first kappa shape index (κ1) is 13.3. The second-order valence-electron chi connectivity index (χ2n) is 2.86. The van der Waals surface area contributed by atoms with Gasteiger partial charge in [-0.2, -0.15) is 0 Å². The van der Waals surface area contributed by atoms with Crippen molar-refractivity contribution >= 4 is 23.0 Å². The third kappa shape index (κ3) is 4.32. The van der Waals surface area contributed by atoms with Gasteiger partial charge in [-0.15, -0.1) is 0 Å². The molecule has 0 aliphatic heterocycles. The maximum atomic E-state index is 11.6. The van der Waals surface area contributed by atoms with Gasteiger partial charge in [0.25, 0.3) is 0 Å². The van der Waals surface area contributed by atoms with Crippen molar-refractivity contribution in [2.24, 2.45) is 0 Å². The van der Waals surface area contributed by atoms with Crippen LogP contribution in [0, 0.1) is 0 Å². The molecule has 5 nitrogen and oxygen atoms in total. The average molecular weight is 259 g/mol. The number of para-hydroxylation sites is 1. The number of benzene rings is 1. The summed E-state index contributed by atoms with van der Waals surface area (Å²) in [6.07, 6.45) is 0. The second kappa shape index (κ2) is 6.75. The summed E-state index contributed by atoms with van der Waals surface area (Å²) in [5.74, 6) is -0.232. The molecule has 0 radical (unpaired) electrons. The van der Waals surface area contributed by atoms with Crippen LogP contribution in [0.5, 0.6) is 5.75 Å². The minimum atomic E-state index is -1.03. The zero-order chi connectivity index (χ0) is 12.7. The van der Waals surface area contributed by atoms with Gasteiger partial charge in [-0.05, 0) is 19.1 Å². The van der Waals surface area contributed by atoms with Gasteiger partial charge in [-0.25, -0.2) is 9.59 Å². The summed E-state index contributed by atoms with van der Waals surface area (Å²) in [4.78, 5) is 21.8. The van der Waals surface area contributed by atoms with Crippen LogP contribution in [0.2, 0.25) is 0 Å². The monoisotopic (exact) mass is 258 g/mol. The number of carbonyl (C=O) groups is 2. The lowest BCUT2D eigenvalue weighted by molar-refractivity contribution is 0.00344. The minimum absolute atomic E-state index is 0.264. The van der Waals surface area contributed by atoms with E-state index in [2.05, 4.69) is 9.47 Å². The molecule has 0 atom stereocenters. The molecule has 0 spiro atoms. The Balaban J connectivity index is 2.64. The normalized spacial score (nSPS) is 9.53. The van der Waals surface area contributed by atoms with Crippen LogP contribution in [0.25, 0.3) is 0 Å². The molecular formula is C11H11ClO5. The predicted octanol–water partition coefficient (Wildman–Crippen LogP) is 2.58. The summed E-state index contributed by atoms with van der Waals surface area (Å²) in [5.41, 5.74) is -0.768. The molecule has 17 heavy (non-hydrogen) atoms. The molecule has 0 unspecified atom stereocenters. The zero-order valence-electron chi connectivity index (χ0n) is 9.14. The minimum Gasteiger partial charge on any atom is -0.493 e. The number of ether oxygens (including phenoxy) is 3. The van der Waals surface area contributed by atoms with Gasteiger partial charge in [-0.3, -0.25) is 0 Å². The lowest BCUT2D eigenvalue weighted by atomic mass is 10.2. The molecule has 1 rings (SSSR count). The molecule has 1 aromatic carbocycles. The predicted molar refractivity (Wildman–Crippen MR) is 60.2 cm³/mol. The van der Waals surface area contributed by atoms with E-state index in [1.165, 1.54) is 0 Å². The van der Waals surface area contributed by atoms with E-state index in [-0.39, 0.29) is 5.56 Å². The van der Waals surface area contributed by atoms with E-state index in [9.17, 15) is 9.59 Å². The van der Waals surface area contributed by atoms with Crippen LogP contribution in [0.4, 0.5) is 4.79 Å². The molecule has 0 aromatic heterocycles. The first-order valence-corrected chi connectivity index (χ1v) is 5.24. The molecule has 0 heterocycles. The van der Waals surface area contributed by atoms with E-state index in [1.54, 1.807) is 31.2 Å². The number of esters is 1. The molecular weight excluding hydrogens is 248 g/mol. The second-order valence-corrected chi connectivity index (χ2v) is 3.17. The Morgan fingerprint density at radius 2 is 1.94 bits per heavy atom. The third-order valence-electron chi connectivity index (χ3n) is 1.77. The highest BCUT2D eigenvalue weighted by Crippen LogP contribution is 2.18. The van der Waals surface area contributed by atoms with Crippen molar-refractivity contribution in [3.63, 3.8) is 0 Å². The average Bonchev–Trinajstić information content (AvgIpc) is 2.29. The van der Waals surface area contributed by atoms with Crippen molar-refractivity contribution in [2.45, 2.75) is 6.92 Å². The number of carbonyl (C=O) groups excluding carboxylic acids is 2. The highest BCUT2D eigenvalue weighted by Gasteiger charge is 2.13. The number of hydrogen-bond acceptors (Lipinski definition) is 5. The van der Waals surface area contributed by atoms with Crippen LogP contribution in [-0.4, -0.2) is 24.8 Å². The van der Waals surface area contributed by atoms with Crippen molar-refractivity contribution in [3.8, 4) is 5.75 Å². The maximum Gasteiger partial charge on any atom is 0.406 e. The van der Waals surface area contributed by atoms with Gasteiger partial charge in [0.05, 0.1) is 6.61 Å². The Hall–Kier alpha value is -1.75. The van der Waals surface area contributed by atoms with E-state index in [1.807, 2.05) is 0 Å². The Morgan fingerprint density at radius 1 is 1.24 bits per heavy atom.